The Bertz CT molecular complexity index is 554. The van der Waals surface area contributed by atoms with Crippen LogP contribution in [0.4, 0.5) is 0 Å². The van der Waals surface area contributed by atoms with Crippen LogP contribution in [0.2, 0.25) is 5.02 Å². The van der Waals surface area contributed by atoms with Crippen LogP contribution >= 0.6 is 27.5 Å². The van der Waals surface area contributed by atoms with E-state index in [2.05, 4.69) is 21.2 Å². The van der Waals surface area contributed by atoms with E-state index >= 15 is 0 Å². The molecule has 0 saturated heterocycles. The number of nitrogens with one attached hydrogen (secondary N) is 1. The Morgan fingerprint density at radius 2 is 1.89 bits per heavy atom. The lowest BCUT2D eigenvalue weighted by Crippen LogP contribution is -2.22. The van der Waals surface area contributed by atoms with Crippen LogP contribution in [0.5, 0.6) is 0 Å². The van der Waals surface area contributed by atoms with Crippen LogP contribution < -0.4 is 5.32 Å². The van der Waals surface area contributed by atoms with Crippen LogP contribution in [-0.2, 0) is 6.54 Å². The minimum absolute atomic E-state index is 0.105. The molecule has 92 valence electrons. The average Bonchev–Trinajstić information content (AvgIpc) is 2.37. The van der Waals surface area contributed by atoms with Crippen molar-refractivity contribution >= 4 is 33.4 Å². The Morgan fingerprint density at radius 1 is 1.17 bits per heavy atom. The van der Waals surface area contributed by atoms with Gasteiger partial charge in [0.15, 0.2) is 0 Å². The molecule has 0 spiro atoms. The van der Waals surface area contributed by atoms with E-state index in [-0.39, 0.29) is 5.91 Å². The van der Waals surface area contributed by atoms with Gasteiger partial charge >= 0.3 is 0 Å². The van der Waals surface area contributed by atoms with Crippen molar-refractivity contribution in [2.45, 2.75) is 6.54 Å². The van der Waals surface area contributed by atoms with Gasteiger partial charge < -0.3 is 5.32 Å². The molecule has 2 rings (SSSR count). The molecule has 0 saturated carbocycles. The fraction of sp³-hybridized carbons (Fsp3) is 0.0714. The van der Waals surface area contributed by atoms with E-state index in [9.17, 15) is 4.79 Å². The molecule has 2 aromatic rings. The third-order valence-electron chi connectivity index (χ3n) is 2.45. The summed E-state index contributed by atoms with van der Waals surface area (Å²) < 4.78 is 1.00. The summed E-state index contributed by atoms with van der Waals surface area (Å²) in [5.41, 5.74) is 1.65. The quantitative estimate of drug-likeness (QED) is 0.907. The first-order valence-corrected chi connectivity index (χ1v) is 6.60. The van der Waals surface area contributed by atoms with Crippen molar-refractivity contribution in [1.82, 2.24) is 5.32 Å². The van der Waals surface area contributed by atoms with E-state index in [1.807, 2.05) is 24.3 Å². The van der Waals surface area contributed by atoms with Crippen molar-refractivity contribution < 1.29 is 4.79 Å². The normalized spacial score (nSPS) is 10.1. The van der Waals surface area contributed by atoms with Crippen LogP contribution in [0.25, 0.3) is 0 Å². The van der Waals surface area contributed by atoms with E-state index in [0.29, 0.717) is 17.1 Å². The highest BCUT2D eigenvalue weighted by Crippen LogP contribution is 2.12. The third-order valence-corrected chi connectivity index (χ3v) is 3.19. The maximum atomic E-state index is 11.8. The summed E-state index contributed by atoms with van der Waals surface area (Å²) >= 11 is 9.16. The van der Waals surface area contributed by atoms with Gasteiger partial charge in [0.1, 0.15) is 0 Å². The summed E-state index contributed by atoms with van der Waals surface area (Å²) in [7, 11) is 0. The summed E-state index contributed by atoms with van der Waals surface area (Å²) in [6.45, 7) is 0.501. The van der Waals surface area contributed by atoms with E-state index in [1.165, 1.54) is 0 Å². The lowest BCUT2D eigenvalue weighted by molar-refractivity contribution is 0.0951. The molecule has 0 bridgehead atoms. The average molecular weight is 325 g/mol. The van der Waals surface area contributed by atoms with E-state index in [1.54, 1.807) is 24.3 Å². The first-order valence-electron chi connectivity index (χ1n) is 5.43. The number of benzene rings is 2. The molecule has 0 radical (unpaired) electrons. The number of halogens is 2. The van der Waals surface area contributed by atoms with Crippen molar-refractivity contribution in [1.29, 1.82) is 0 Å². The molecular weight excluding hydrogens is 314 g/mol. The Kier molecular flexibility index (Phi) is 4.39. The molecule has 0 heterocycles. The van der Waals surface area contributed by atoms with E-state index < -0.39 is 0 Å². The molecule has 0 fully saturated rings. The summed E-state index contributed by atoms with van der Waals surface area (Å²) in [5.74, 6) is -0.105. The Balaban J connectivity index is 1.98. The van der Waals surface area contributed by atoms with Gasteiger partial charge in [0.2, 0.25) is 0 Å². The predicted octanol–water partition coefficient (Wildman–Crippen LogP) is 4.03. The number of carbonyl (C=O) groups excluding carboxylic acids is 1. The minimum Gasteiger partial charge on any atom is -0.348 e. The van der Waals surface area contributed by atoms with Crippen molar-refractivity contribution in [3.8, 4) is 0 Å². The van der Waals surface area contributed by atoms with Gasteiger partial charge in [-0.2, -0.15) is 0 Å². The standard InChI is InChI=1S/C14H11BrClNO/c15-12-3-1-2-10(8-12)9-17-14(18)11-4-6-13(16)7-5-11/h1-8H,9H2,(H,17,18). The van der Waals surface area contributed by atoms with Gasteiger partial charge in [0.25, 0.3) is 5.91 Å². The molecule has 0 aliphatic rings. The van der Waals surface area contributed by atoms with Crippen LogP contribution in [0.15, 0.2) is 53.0 Å². The fourth-order valence-corrected chi connectivity index (χ4v) is 2.11. The maximum Gasteiger partial charge on any atom is 0.251 e. The van der Waals surface area contributed by atoms with Gasteiger partial charge in [0, 0.05) is 21.6 Å². The Labute approximate surface area is 119 Å². The number of rotatable bonds is 3. The Hall–Kier alpha value is -1.32. The summed E-state index contributed by atoms with van der Waals surface area (Å²) in [4.78, 5) is 11.8. The number of hydrogen-bond donors (Lipinski definition) is 1. The molecule has 1 amide bonds. The Morgan fingerprint density at radius 3 is 2.56 bits per heavy atom. The second kappa shape index (κ2) is 6.03. The summed E-state index contributed by atoms with van der Waals surface area (Å²) in [5, 5.41) is 3.48. The second-order valence-corrected chi connectivity index (χ2v) is 5.17. The lowest BCUT2D eigenvalue weighted by Gasteiger charge is -2.06. The van der Waals surface area contributed by atoms with Gasteiger partial charge in [-0.3, -0.25) is 4.79 Å². The van der Waals surface area contributed by atoms with Gasteiger partial charge in [0.05, 0.1) is 0 Å². The van der Waals surface area contributed by atoms with Crippen LogP contribution in [0, 0.1) is 0 Å². The van der Waals surface area contributed by atoms with Crippen molar-refractivity contribution in [2.24, 2.45) is 0 Å². The topological polar surface area (TPSA) is 29.1 Å². The molecule has 4 heteroatoms. The maximum absolute atomic E-state index is 11.8. The van der Waals surface area contributed by atoms with Crippen molar-refractivity contribution in [3.63, 3.8) is 0 Å². The SMILES string of the molecule is O=C(NCc1cccc(Br)c1)c1ccc(Cl)cc1. The highest BCUT2D eigenvalue weighted by Gasteiger charge is 2.04. The zero-order chi connectivity index (χ0) is 13.0. The molecule has 2 nitrogen and oxygen atoms in total. The largest absolute Gasteiger partial charge is 0.348 e. The number of carbonyl (C=O) groups is 1. The highest BCUT2D eigenvalue weighted by atomic mass is 79.9. The molecule has 18 heavy (non-hydrogen) atoms. The van der Waals surface area contributed by atoms with Gasteiger partial charge in [-0.15, -0.1) is 0 Å². The fourth-order valence-electron chi connectivity index (χ4n) is 1.53. The molecule has 1 N–H and O–H groups in total. The van der Waals surface area contributed by atoms with Crippen LogP contribution in [-0.4, -0.2) is 5.91 Å². The molecule has 0 aromatic heterocycles. The monoisotopic (exact) mass is 323 g/mol. The summed E-state index contributed by atoms with van der Waals surface area (Å²) in [6.07, 6.45) is 0. The molecular formula is C14H11BrClNO. The minimum atomic E-state index is -0.105. The van der Waals surface area contributed by atoms with Crippen LogP contribution in [0.1, 0.15) is 15.9 Å². The number of hydrogen-bond acceptors (Lipinski definition) is 1. The van der Waals surface area contributed by atoms with Crippen LogP contribution in [0.3, 0.4) is 0 Å². The lowest BCUT2D eigenvalue weighted by atomic mass is 10.2. The van der Waals surface area contributed by atoms with Gasteiger partial charge in [-0.05, 0) is 42.0 Å². The zero-order valence-corrected chi connectivity index (χ0v) is 11.8. The highest BCUT2D eigenvalue weighted by molar-refractivity contribution is 9.10. The van der Waals surface area contributed by atoms with E-state index in [0.717, 1.165) is 10.0 Å². The van der Waals surface area contributed by atoms with Gasteiger partial charge in [-0.1, -0.05) is 39.7 Å². The van der Waals surface area contributed by atoms with Crippen molar-refractivity contribution in [2.75, 3.05) is 0 Å². The summed E-state index contributed by atoms with van der Waals surface area (Å²) in [6, 6.07) is 14.6. The van der Waals surface area contributed by atoms with Gasteiger partial charge in [-0.25, -0.2) is 0 Å². The molecule has 2 aromatic carbocycles. The smallest absolute Gasteiger partial charge is 0.251 e. The second-order valence-electron chi connectivity index (χ2n) is 3.82. The predicted molar refractivity (Wildman–Crippen MR) is 76.8 cm³/mol. The third kappa shape index (κ3) is 3.59. The molecule has 0 aliphatic heterocycles. The molecule has 0 atom stereocenters. The first kappa shape index (κ1) is 13.1. The first-order chi connectivity index (χ1) is 8.65. The molecule has 0 aliphatic carbocycles. The number of amides is 1. The zero-order valence-electron chi connectivity index (χ0n) is 9.49. The van der Waals surface area contributed by atoms with Crippen molar-refractivity contribution in [3.05, 3.63) is 69.2 Å². The van der Waals surface area contributed by atoms with E-state index in [4.69, 9.17) is 11.6 Å². The molecule has 0 unspecified atom stereocenters.